The van der Waals surface area contributed by atoms with Crippen LogP contribution in [0.15, 0.2) is 24.3 Å². The molecule has 0 radical (unpaired) electrons. The number of ether oxygens (including phenoxy) is 1. The SMILES string of the molecule is C=C(C)C(=C)[C@H](CC(C)C)NC(=O)OC(C)(C)C. The lowest BCUT2D eigenvalue weighted by Crippen LogP contribution is -2.40. The maximum Gasteiger partial charge on any atom is 0.408 e. The molecule has 0 aromatic carbocycles. The van der Waals surface area contributed by atoms with Crippen LogP contribution in [0.3, 0.4) is 0 Å². The van der Waals surface area contributed by atoms with Crippen molar-refractivity contribution >= 4 is 6.09 Å². The molecule has 18 heavy (non-hydrogen) atoms. The highest BCUT2D eigenvalue weighted by molar-refractivity contribution is 5.69. The zero-order chi connectivity index (χ0) is 14.5. The lowest BCUT2D eigenvalue weighted by molar-refractivity contribution is 0.0508. The molecule has 104 valence electrons. The van der Waals surface area contributed by atoms with Crippen molar-refractivity contribution in [1.82, 2.24) is 5.32 Å². The third kappa shape index (κ3) is 7.15. The van der Waals surface area contributed by atoms with Crippen molar-refractivity contribution in [1.29, 1.82) is 0 Å². The molecule has 0 saturated carbocycles. The number of carbonyl (C=O) groups excluding carboxylic acids is 1. The van der Waals surface area contributed by atoms with Crippen LogP contribution in [-0.2, 0) is 4.74 Å². The summed E-state index contributed by atoms with van der Waals surface area (Å²) in [4.78, 5) is 11.8. The quantitative estimate of drug-likeness (QED) is 0.750. The molecule has 1 atom stereocenters. The summed E-state index contributed by atoms with van der Waals surface area (Å²) in [5.41, 5.74) is 1.25. The zero-order valence-corrected chi connectivity index (χ0v) is 12.6. The van der Waals surface area contributed by atoms with Gasteiger partial charge in [-0.15, -0.1) is 0 Å². The van der Waals surface area contributed by atoms with E-state index in [1.54, 1.807) is 0 Å². The number of nitrogens with one attached hydrogen (secondary N) is 1. The van der Waals surface area contributed by atoms with Gasteiger partial charge in [0.15, 0.2) is 0 Å². The summed E-state index contributed by atoms with van der Waals surface area (Å²) in [6.07, 6.45) is 0.417. The zero-order valence-electron chi connectivity index (χ0n) is 12.6. The number of hydrogen-bond acceptors (Lipinski definition) is 2. The van der Waals surface area contributed by atoms with Crippen LogP contribution in [0.2, 0.25) is 0 Å². The molecular formula is C15H27NO2. The van der Waals surface area contributed by atoms with Crippen LogP contribution in [0.1, 0.15) is 48.0 Å². The largest absolute Gasteiger partial charge is 0.444 e. The Morgan fingerprint density at radius 2 is 1.78 bits per heavy atom. The monoisotopic (exact) mass is 253 g/mol. The molecule has 0 aromatic rings. The van der Waals surface area contributed by atoms with Gasteiger partial charge in [-0.25, -0.2) is 4.79 Å². The van der Waals surface area contributed by atoms with E-state index in [2.05, 4.69) is 32.3 Å². The minimum Gasteiger partial charge on any atom is -0.444 e. The molecule has 0 heterocycles. The molecular weight excluding hydrogens is 226 g/mol. The molecule has 1 N–H and O–H groups in total. The fourth-order valence-electron chi connectivity index (χ4n) is 1.51. The van der Waals surface area contributed by atoms with Crippen LogP contribution >= 0.6 is 0 Å². The van der Waals surface area contributed by atoms with Crippen molar-refractivity contribution in [3.8, 4) is 0 Å². The van der Waals surface area contributed by atoms with Gasteiger partial charge in [0.25, 0.3) is 0 Å². The molecule has 0 unspecified atom stereocenters. The third-order valence-electron chi connectivity index (χ3n) is 2.37. The van der Waals surface area contributed by atoms with Gasteiger partial charge in [0.1, 0.15) is 5.60 Å². The van der Waals surface area contributed by atoms with Gasteiger partial charge >= 0.3 is 6.09 Å². The fourth-order valence-corrected chi connectivity index (χ4v) is 1.51. The molecule has 0 bridgehead atoms. The van der Waals surface area contributed by atoms with Gasteiger partial charge in [0.05, 0.1) is 6.04 Å². The first-order valence-corrected chi connectivity index (χ1v) is 6.37. The van der Waals surface area contributed by atoms with E-state index in [1.807, 2.05) is 27.7 Å². The summed E-state index contributed by atoms with van der Waals surface area (Å²) in [5.74, 6) is 0.459. The Hall–Kier alpha value is -1.25. The van der Waals surface area contributed by atoms with Crippen molar-refractivity contribution in [3.63, 3.8) is 0 Å². The fraction of sp³-hybridized carbons (Fsp3) is 0.667. The van der Waals surface area contributed by atoms with Crippen LogP contribution in [0, 0.1) is 5.92 Å². The van der Waals surface area contributed by atoms with Crippen LogP contribution in [0.5, 0.6) is 0 Å². The average Bonchev–Trinajstić information content (AvgIpc) is 2.11. The highest BCUT2D eigenvalue weighted by atomic mass is 16.6. The average molecular weight is 253 g/mol. The normalized spacial score (nSPS) is 13.1. The molecule has 1 amide bonds. The first-order valence-electron chi connectivity index (χ1n) is 6.37. The lowest BCUT2D eigenvalue weighted by atomic mass is 9.94. The summed E-state index contributed by atoms with van der Waals surface area (Å²) in [7, 11) is 0. The molecule has 0 aromatic heterocycles. The van der Waals surface area contributed by atoms with E-state index in [0.717, 1.165) is 17.6 Å². The van der Waals surface area contributed by atoms with Gasteiger partial charge in [0.2, 0.25) is 0 Å². The Morgan fingerprint density at radius 3 is 2.11 bits per heavy atom. The minimum absolute atomic E-state index is 0.114. The van der Waals surface area contributed by atoms with Crippen LogP contribution in [0.25, 0.3) is 0 Å². The molecule has 3 heteroatoms. The van der Waals surface area contributed by atoms with E-state index < -0.39 is 11.7 Å². The smallest absolute Gasteiger partial charge is 0.408 e. The first-order chi connectivity index (χ1) is 8.03. The molecule has 0 aliphatic rings. The number of amides is 1. The van der Waals surface area contributed by atoms with E-state index in [0.29, 0.717) is 5.92 Å². The number of hydrogen-bond donors (Lipinski definition) is 1. The molecule has 0 rings (SSSR count). The van der Waals surface area contributed by atoms with E-state index >= 15 is 0 Å². The molecule has 0 saturated heterocycles. The molecule has 0 aliphatic carbocycles. The summed E-state index contributed by atoms with van der Waals surface area (Å²) >= 11 is 0. The van der Waals surface area contributed by atoms with Crippen molar-refractivity contribution in [2.45, 2.75) is 59.6 Å². The number of rotatable bonds is 5. The predicted octanol–water partition coefficient (Wildman–Crippen LogP) is 4.06. The third-order valence-corrected chi connectivity index (χ3v) is 2.37. The van der Waals surface area contributed by atoms with E-state index in [-0.39, 0.29) is 6.04 Å². The van der Waals surface area contributed by atoms with Crippen molar-refractivity contribution in [2.24, 2.45) is 5.92 Å². The highest BCUT2D eigenvalue weighted by Gasteiger charge is 2.21. The van der Waals surface area contributed by atoms with E-state index in [9.17, 15) is 4.79 Å². The molecule has 0 spiro atoms. The van der Waals surface area contributed by atoms with Crippen molar-refractivity contribution in [2.75, 3.05) is 0 Å². The van der Waals surface area contributed by atoms with Gasteiger partial charge in [-0.2, -0.15) is 0 Å². The van der Waals surface area contributed by atoms with Crippen molar-refractivity contribution < 1.29 is 9.53 Å². The highest BCUT2D eigenvalue weighted by Crippen LogP contribution is 2.18. The van der Waals surface area contributed by atoms with Gasteiger partial charge in [-0.05, 0) is 45.6 Å². The van der Waals surface area contributed by atoms with Gasteiger partial charge in [0, 0.05) is 0 Å². The predicted molar refractivity (Wildman–Crippen MR) is 76.6 cm³/mol. The van der Waals surface area contributed by atoms with Gasteiger partial charge < -0.3 is 10.1 Å². The standard InChI is InChI=1S/C15H27NO2/c1-10(2)9-13(12(5)11(3)4)16-14(17)18-15(6,7)8/h10,13H,3,5,9H2,1-2,4,6-8H3,(H,16,17)/t13-/m0/s1. The Balaban J connectivity index is 4.65. The maximum atomic E-state index is 11.8. The van der Waals surface area contributed by atoms with E-state index in [1.165, 1.54) is 0 Å². The molecule has 0 fully saturated rings. The minimum atomic E-state index is -0.489. The Kier molecular flexibility index (Phi) is 6.16. The topological polar surface area (TPSA) is 38.3 Å². The first kappa shape index (κ1) is 16.8. The lowest BCUT2D eigenvalue weighted by Gasteiger charge is -2.26. The van der Waals surface area contributed by atoms with Gasteiger partial charge in [-0.1, -0.05) is 32.6 Å². The number of alkyl carbamates (subject to hydrolysis) is 1. The Labute approximate surface area is 111 Å². The summed E-state index contributed by atoms with van der Waals surface area (Å²) in [6, 6.07) is -0.114. The Morgan fingerprint density at radius 1 is 1.28 bits per heavy atom. The van der Waals surface area contributed by atoms with E-state index in [4.69, 9.17) is 4.74 Å². The van der Waals surface area contributed by atoms with Crippen molar-refractivity contribution in [3.05, 3.63) is 24.3 Å². The Bertz CT molecular complexity index is 324. The van der Waals surface area contributed by atoms with Crippen LogP contribution in [-0.4, -0.2) is 17.7 Å². The van der Waals surface area contributed by atoms with Crippen LogP contribution in [0.4, 0.5) is 4.79 Å². The summed E-state index contributed by atoms with van der Waals surface area (Å²) in [5, 5.41) is 2.86. The molecule has 3 nitrogen and oxygen atoms in total. The maximum absolute atomic E-state index is 11.8. The number of carbonyl (C=O) groups is 1. The second-order valence-corrected chi connectivity index (χ2v) is 6.13. The summed E-state index contributed by atoms with van der Waals surface area (Å²) in [6.45, 7) is 19.5. The summed E-state index contributed by atoms with van der Waals surface area (Å²) < 4.78 is 5.26. The molecule has 0 aliphatic heterocycles. The van der Waals surface area contributed by atoms with Gasteiger partial charge in [-0.3, -0.25) is 0 Å². The second kappa shape index (κ2) is 6.62. The van der Waals surface area contributed by atoms with Crippen LogP contribution < -0.4 is 5.32 Å². The second-order valence-electron chi connectivity index (χ2n) is 6.13.